The maximum absolute atomic E-state index is 12.7. The summed E-state index contributed by atoms with van der Waals surface area (Å²) in [6.45, 7) is 0.415. The number of amides is 3. The van der Waals surface area contributed by atoms with Gasteiger partial charge in [-0.25, -0.2) is 0 Å². The van der Waals surface area contributed by atoms with E-state index in [1.807, 2.05) is 54.6 Å². The Labute approximate surface area is 208 Å². The van der Waals surface area contributed by atoms with Crippen molar-refractivity contribution in [3.8, 4) is 0 Å². The molecule has 34 heavy (non-hydrogen) atoms. The van der Waals surface area contributed by atoms with E-state index >= 15 is 0 Å². The zero-order valence-corrected chi connectivity index (χ0v) is 20.5. The molecule has 1 aliphatic heterocycles. The third-order valence-corrected chi connectivity index (χ3v) is 6.58. The van der Waals surface area contributed by atoms with Gasteiger partial charge in [0.25, 0.3) is 11.8 Å². The Kier molecular flexibility index (Phi) is 7.91. The van der Waals surface area contributed by atoms with E-state index in [4.69, 9.17) is 0 Å². The number of nitrogens with zero attached hydrogens (tertiary/aromatic N) is 1. The number of rotatable bonds is 10. The van der Waals surface area contributed by atoms with Gasteiger partial charge in [-0.2, -0.15) is 0 Å². The predicted octanol–water partition coefficient (Wildman–Crippen LogP) is 5.90. The van der Waals surface area contributed by atoms with E-state index in [2.05, 4.69) is 21.2 Å². The van der Waals surface area contributed by atoms with Crippen molar-refractivity contribution in [1.82, 2.24) is 10.2 Å². The lowest BCUT2D eigenvalue weighted by atomic mass is 9.98. The number of benzene rings is 3. The SMILES string of the molecule is O=C(CCCCCCN1C(=O)c2ccccc2C1=O)N[C@H](c1ccccc1)c1ccc(Br)cc1. The summed E-state index contributed by atoms with van der Waals surface area (Å²) in [5, 5.41) is 3.17. The van der Waals surface area contributed by atoms with Crippen LogP contribution in [-0.4, -0.2) is 29.2 Å². The number of imide groups is 1. The average Bonchev–Trinajstić information content (AvgIpc) is 3.10. The first kappa shape index (κ1) is 23.9. The topological polar surface area (TPSA) is 66.5 Å². The molecule has 3 aromatic rings. The highest BCUT2D eigenvalue weighted by molar-refractivity contribution is 9.10. The second-order valence-electron chi connectivity index (χ2n) is 8.43. The largest absolute Gasteiger partial charge is 0.345 e. The van der Waals surface area contributed by atoms with Crippen LogP contribution in [0, 0.1) is 0 Å². The van der Waals surface area contributed by atoms with E-state index in [1.165, 1.54) is 4.90 Å². The van der Waals surface area contributed by atoms with Crippen molar-refractivity contribution in [2.75, 3.05) is 6.54 Å². The Morgan fingerprint density at radius 1 is 0.735 bits per heavy atom. The highest BCUT2D eigenvalue weighted by Gasteiger charge is 2.34. The van der Waals surface area contributed by atoms with Gasteiger partial charge in [-0.05, 0) is 48.2 Å². The molecule has 6 heteroatoms. The fourth-order valence-corrected chi connectivity index (χ4v) is 4.51. The smallest absolute Gasteiger partial charge is 0.261 e. The minimum atomic E-state index is -0.208. The molecule has 174 valence electrons. The van der Waals surface area contributed by atoms with Gasteiger partial charge in [0.15, 0.2) is 0 Å². The fourth-order valence-electron chi connectivity index (χ4n) is 4.24. The quantitative estimate of drug-likeness (QED) is 0.268. The van der Waals surface area contributed by atoms with Crippen LogP contribution in [0.2, 0.25) is 0 Å². The van der Waals surface area contributed by atoms with E-state index in [-0.39, 0.29) is 23.8 Å². The number of hydrogen-bond acceptors (Lipinski definition) is 3. The normalized spacial score (nSPS) is 13.6. The summed E-state index contributed by atoms with van der Waals surface area (Å²) in [4.78, 5) is 38.9. The Hall–Kier alpha value is -3.25. The molecule has 4 rings (SSSR count). The molecule has 3 aromatic carbocycles. The van der Waals surface area contributed by atoms with Crippen LogP contribution in [0.4, 0.5) is 0 Å². The number of hydrogen-bond donors (Lipinski definition) is 1. The number of unbranched alkanes of at least 4 members (excludes halogenated alkanes) is 3. The molecule has 0 bridgehead atoms. The molecule has 0 aromatic heterocycles. The molecule has 0 spiro atoms. The first-order chi connectivity index (χ1) is 16.5. The average molecular weight is 519 g/mol. The molecule has 0 saturated heterocycles. The Bertz CT molecular complexity index is 1130. The second kappa shape index (κ2) is 11.3. The maximum Gasteiger partial charge on any atom is 0.261 e. The third kappa shape index (κ3) is 5.62. The zero-order valence-electron chi connectivity index (χ0n) is 18.9. The van der Waals surface area contributed by atoms with Crippen molar-refractivity contribution < 1.29 is 14.4 Å². The van der Waals surface area contributed by atoms with Gasteiger partial charge < -0.3 is 5.32 Å². The van der Waals surface area contributed by atoms with Crippen molar-refractivity contribution in [3.05, 3.63) is 106 Å². The molecule has 0 unspecified atom stereocenters. The van der Waals surface area contributed by atoms with E-state index in [1.54, 1.807) is 24.3 Å². The lowest BCUT2D eigenvalue weighted by molar-refractivity contribution is -0.121. The minimum absolute atomic E-state index is 0.0112. The summed E-state index contributed by atoms with van der Waals surface area (Å²) >= 11 is 3.46. The van der Waals surface area contributed by atoms with Crippen LogP contribution in [0.5, 0.6) is 0 Å². The summed E-state index contributed by atoms with van der Waals surface area (Å²) < 4.78 is 0.996. The second-order valence-corrected chi connectivity index (χ2v) is 9.35. The van der Waals surface area contributed by atoms with E-state index < -0.39 is 0 Å². The van der Waals surface area contributed by atoms with E-state index in [0.29, 0.717) is 24.1 Å². The van der Waals surface area contributed by atoms with Gasteiger partial charge in [-0.15, -0.1) is 0 Å². The monoisotopic (exact) mass is 518 g/mol. The van der Waals surface area contributed by atoms with Gasteiger partial charge in [-0.1, -0.05) is 83.4 Å². The fraction of sp³-hybridized carbons (Fsp3) is 0.250. The van der Waals surface area contributed by atoms with Gasteiger partial charge in [0.05, 0.1) is 17.2 Å². The molecule has 0 saturated carbocycles. The highest BCUT2D eigenvalue weighted by atomic mass is 79.9. The molecule has 0 fully saturated rings. The summed E-state index contributed by atoms with van der Waals surface area (Å²) in [7, 11) is 0. The Balaban J connectivity index is 1.22. The van der Waals surface area contributed by atoms with Crippen LogP contribution >= 0.6 is 15.9 Å². The molecule has 1 aliphatic rings. The predicted molar refractivity (Wildman–Crippen MR) is 135 cm³/mol. The molecule has 0 radical (unpaired) electrons. The number of carbonyl (C=O) groups is 3. The minimum Gasteiger partial charge on any atom is -0.345 e. The van der Waals surface area contributed by atoms with Crippen LogP contribution < -0.4 is 5.32 Å². The van der Waals surface area contributed by atoms with Crippen molar-refractivity contribution in [2.24, 2.45) is 0 Å². The van der Waals surface area contributed by atoms with Gasteiger partial charge in [0.1, 0.15) is 0 Å². The van der Waals surface area contributed by atoms with Gasteiger partial charge in [0, 0.05) is 17.4 Å². The van der Waals surface area contributed by atoms with Crippen LogP contribution in [0.3, 0.4) is 0 Å². The molecule has 3 amide bonds. The summed E-state index contributed by atoms with van der Waals surface area (Å²) in [6, 6.07) is 24.7. The molecule has 1 heterocycles. The van der Waals surface area contributed by atoms with Gasteiger partial charge >= 0.3 is 0 Å². The molecule has 1 atom stereocenters. The standard InChI is InChI=1S/C28H27BrN2O3/c29-22-17-15-21(16-18-22)26(20-10-4-3-5-11-20)30-25(32)14-6-1-2-9-19-31-27(33)23-12-7-8-13-24(23)28(31)34/h3-5,7-8,10-13,15-18,26H,1-2,6,9,14,19H2,(H,30,32)/t26-/m1/s1. The molecular weight excluding hydrogens is 492 g/mol. The van der Waals surface area contributed by atoms with E-state index in [0.717, 1.165) is 41.3 Å². The molecule has 5 nitrogen and oxygen atoms in total. The van der Waals surface area contributed by atoms with Crippen LogP contribution in [-0.2, 0) is 4.79 Å². The maximum atomic E-state index is 12.7. The number of halogens is 1. The van der Waals surface area contributed by atoms with Crippen molar-refractivity contribution >= 4 is 33.7 Å². The lowest BCUT2D eigenvalue weighted by Gasteiger charge is -2.20. The first-order valence-corrected chi connectivity index (χ1v) is 12.4. The Morgan fingerprint density at radius 2 is 1.29 bits per heavy atom. The summed E-state index contributed by atoms with van der Waals surface area (Å²) in [5.74, 6) is -0.406. The zero-order chi connectivity index (χ0) is 23.9. The molecule has 0 aliphatic carbocycles. The van der Waals surface area contributed by atoms with Crippen LogP contribution in [0.25, 0.3) is 0 Å². The summed E-state index contributed by atoms with van der Waals surface area (Å²) in [6.07, 6.45) is 3.65. The highest BCUT2D eigenvalue weighted by Crippen LogP contribution is 2.25. The Morgan fingerprint density at radius 3 is 1.94 bits per heavy atom. The van der Waals surface area contributed by atoms with Crippen LogP contribution in [0.1, 0.15) is 70.0 Å². The van der Waals surface area contributed by atoms with Crippen LogP contribution in [0.15, 0.2) is 83.3 Å². The lowest BCUT2D eigenvalue weighted by Crippen LogP contribution is -2.30. The number of fused-ring (bicyclic) bond motifs is 1. The third-order valence-electron chi connectivity index (χ3n) is 6.06. The van der Waals surface area contributed by atoms with Gasteiger partial charge in [-0.3, -0.25) is 19.3 Å². The molecule has 1 N–H and O–H groups in total. The molecular formula is C28H27BrN2O3. The van der Waals surface area contributed by atoms with E-state index in [9.17, 15) is 14.4 Å². The van der Waals surface area contributed by atoms with Crippen molar-refractivity contribution in [3.63, 3.8) is 0 Å². The first-order valence-electron chi connectivity index (χ1n) is 11.6. The number of carbonyl (C=O) groups excluding carboxylic acids is 3. The van der Waals surface area contributed by atoms with Crippen molar-refractivity contribution in [1.29, 1.82) is 0 Å². The summed E-state index contributed by atoms with van der Waals surface area (Å²) in [5.41, 5.74) is 3.05. The number of nitrogens with one attached hydrogen (secondary N) is 1. The van der Waals surface area contributed by atoms with Crippen molar-refractivity contribution in [2.45, 2.75) is 38.1 Å². The van der Waals surface area contributed by atoms with Gasteiger partial charge in [0.2, 0.25) is 5.91 Å².